The van der Waals surface area contributed by atoms with Gasteiger partial charge in [-0.25, -0.2) is 4.79 Å². The lowest BCUT2D eigenvalue weighted by Gasteiger charge is -2.44. The van der Waals surface area contributed by atoms with Crippen LogP contribution >= 0.6 is 0 Å². The van der Waals surface area contributed by atoms with Gasteiger partial charge in [-0.05, 0) is 104 Å². The predicted molar refractivity (Wildman–Crippen MR) is 182 cm³/mol. The highest BCUT2D eigenvalue weighted by Gasteiger charge is 2.48. The summed E-state index contributed by atoms with van der Waals surface area (Å²) in [4.78, 5) is 43.7. The third kappa shape index (κ3) is 7.98. The minimum atomic E-state index is -5.21. The Bertz CT molecular complexity index is 2150. The van der Waals surface area contributed by atoms with E-state index in [-0.39, 0.29) is 53.9 Å². The largest absolute Gasteiger partial charge is 0.446 e. The van der Waals surface area contributed by atoms with E-state index in [1.807, 2.05) is 0 Å². The molecular weight excluding hydrogens is 777 g/mol. The number of rotatable bonds is 9. The second kappa shape index (κ2) is 14.4. The fraction of sp³-hybridized carbons (Fsp3) is 0.405. The first kappa shape index (κ1) is 39.5. The van der Waals surface area contributed by atoms with Crippen molar-refractivity contribution in [2.45, 2.75) is 82.9 Å². The summed E-state index contributed by atoms with van der Waals surface area (Å²) in [6, 6.07) is 7.68. The molecule has 4 aromatic rings. The molecule has 3 heterocycles. The number of tetrazole rings is 1. The number of anilines is 2. The van der Waals surface area contributed by atoms with Gasteiger partial charge in [0.25, 0.3) is 17.8 Å². The summed E-state index contributed by atoms with van der Waals surface area (Å²) in [5, 5.41) is 12.3. The summed E-state index contributed by atoms with van der Waals surface area (Å²) in [5.74, 6) is -1.75. The lowest BCUT2D eigenvalue weighted by Crippen LogP contribution is -2.49. The van der Waals surface area contributed by atoms with Gasteiger partial charge in [0, 0.05) is 12.6 Å². The molecule has 302 valence electrons. The van der Waals surface area contributed by atoms with E-state index >= 15 is 0 Å². The molecule has 2 atom stereocenters. The maximum Gasteiger partial charge on any atom is 0.416 e. The number of aromatic nitrogens is 4. The molecule has 0 saturated heterocycles. The molecule has 7 rings (SSSR count). The molecule has 57 heavy (non-hydrogen) atoms. The van der Waals surface area contributed by atoms with Crippen molar-refractivity contribution >= 4 is 29.5 Å². The molecule has 1 saturated carbocycles. The highest BCUT2D eigenvalue weighted by molar-refractivity contribution is 6.21. The first-order chi connectivity index (χ1) is 26.7. The average molecular weight is 810 g/mol. The van der Waals surface area contributed by atoms with Crippen LogP contribution in [-0.2, 0) is 36.4 Å². The Kier molecular flexibility index (Phi) is 9.96. The second-order valence-electron chi connectivity index (χ2n) is 14.3. The Labute approximate surface area is 318 Å². The van der Waals surface area contributed by atoms with Crippen LogP contribution in [0.1, 0.15) is 87.7 Å². The average Bonchev–Trinajstić information content (AvgIpc) is 3.83. The zero-order valence-corrected chi connectivity index (χ0v) is 30.0. The molecule has 3 aromatic carbocycles. The number of hydrogen-bond donors (Lipinski definition) is 0. The Morgan fingerprint density at radius 3 is 1.96 bits per heavy atom. The van der Waals surface area contributed by atoms with Crippen molar-refractivity contribution in [2.75, 3.05) is 16.3 Å². The number of ether oxygens (including phenoxy) is 1. The van der Waals surface area contributed by atoms with Crippen LogP contribution in [-0.4, -0.2) is 61.7 Å². The topological polar surface area (TPSA) is 114 Å². The summed E-state index contributed by atoms with van der Waals surface area (Å²) < 4.78 is 132. The number of fused-ring (bicyclic) bond motifs is 2. The minimum absolute atomic E-state index is 0.00941. The van der Waals surface area contributed by atoms with Crippen LogP contribution in [0.3, 0.4) is 0 Å². The quantitative estimate of drug-likeness (QED) is 0.123. The maximum absolute atomic E-state index is 14.2. The molecular formula is C37H32F9N7O4. The van der Waals surface area contributed by atoms with E-state index < -0.39 is 89.4 Å². The van der Waals surface area contributed by atoms with E-state index in [0.29, 0.717) is 25.0 Å². The molecule has 1 fully saturated rings. The van der Waals surface area contributed by atoms with E-state index in [9.17, 15) is 53.9 Å². The van der Waals surface area contributed by atoms with Gasteiger partial charge in [0.05, 0.1) is 58.7 Å². The summed E-state index contributed by atoms with van der Waals surface area (Å²) in [5.41, 5.74) is -4.71. The molecule has 11 nitrogen and oxygen atoms in total. The Morgan fingerprint density at radius 1 is 0.825 bits per heavy atom. The zero-order valence-electron chi connectivity index (χ0n) is 30.0. The van der Waals surface area contributed by atoms with Crippen LogP contribution < -0.4 is 9.80 Å². The molecule has 2 unspecified atom stereocenters. The van der Waals surface area contributed by atoms with E-state index in [2.05, 4.69) is 15.4 Å². The SMILES string of the molecule is CC(C)OC(=O)N1c2ccc(C(F)(F)F)cc2C(N(Cc2cc(C(F)(F)F)cc(C(F)(F)F)c2)c2nnn(CCN3C(=O)c4ccccc4C3=O)n2)CC1C1CC1. The van der Waals surface area contributed by atoms with E-state index in [1.54, 1.807) is 26.0 Å². The second-order valence-corrected chi connectivity index (χ2v) is 14.3. The Morgan fingerprint density at radius 2 is 1.42 bits per heavy atom. The molecule has 20 heteroatoms. The molecule has 2 aliphatic heterocycles. The maximum atomic E-state index is 14.2. The molecule has 3 amide bonds. The highest BCUT2D eigenvalue weighted by Crippen LogP contribution is 2.50. The fourth-order valence-corrected chi connectivity index (χ4v) is 7.23. The summed E-state index contributed by atoms with van der Waals surface area (Å²) in [7, 11) is 0. The molecule has 0 spiro atoms. The van der Waals surface area contributed by atoms with Crippen LogP contribution in [0.4, 0.5) is 55.9 Å². The number of imide groups is 1. The van der Waals surface area contributed by atoms with Gasteiger partial charge in [-0.1, -0.05) is 17.2 Å². The van der Waals surface area contributed by atoms with Crippen LogP contribution in [0.5, 0.6) is 0 Å². The first-order valence-corrected chi connectivity index (χ1v) is 17.7. The molecule has 3 aliphatic rings. The number of amides is 3. The lowest BCUT2D eigenvalue weighted by atomic mass is 9.86. The number of hydrogen-bond acceptors (Lipinski definition) is 8. The van der Waals surface area contributed by atoms with E-state index in [4.69, 9.17) is 4.74 Å². The third-order valence-corrected chi connectivity index (χ3v) is 9.95. The smallest absolute Gasteiger partial charge is 0.416 e. The van der Waals surface area contributed by atoms with Crippen LogP contribution in [0.25, 0.3) is 0 Å². The lowest BCUT2D eigenvalue weighted by molar-refractivity contribution is -0.143. The number of alkyl halides is 9. The monoisotopic (exact) mass is 809 g/mol. The van der Waals surface area contributed by atoms with Gasteiger partial charge in [0.2, 0.25) is 0 Å². The predicted octanol–water partition coefficient (Wildman–Crippen LogP) is 8.31. The molecule has 0 bridgehead atoms. The summed E-state index contributed by atoms with van der Waals surface area (Å²) in [6.07, 6.45) is -15.7. The van der Waals surface area contributed by atoms with Crippen LogP contribution in [0.2, 0.25) is 0 Å². The Hall–Kier alpha value is -5.69. The number of halogens is 9. The molecule has 1 aromatic heterocycles. The minimum Gasteiger partial charge on any atom is -0.446 e. The summed E-state index contributed by atoms with van der Waals surface area (Å²) >= 11 is 0. The van der Waals surface area contributed by atoms with E-state index in [1.165, 1.54) is 17.0 Å². The van der Waals surface area contributed by atoms with Crippen molar-refractivity contribution in [3.8, 4) is 0 Å². The van der Waals surface area contributed by atoms with Crippen molar-refractivity contribution < 1.29 is 58.6 Å². The summed E-state index contributed by atoms with van der Waals surface area (Å²) in [6.45, 7) is 1.86. The third-order valence-electron chi connectivity index (χ3n) is 9.95. The number of nitrogens with zero attached hydrogens (tertiary/aromatic N) is 7. The van der Waals surface area contributed by atoms with Crippen molar-refractivity contribution in [1.82, 2.24) is 25.1 Å². The van der Waals surface area contributed by atoms with Crippen molar-refractivity contribution in [3.05, 3.63) is 99.6 Å². The van der Waals surface area contributed by atoms with E-state index in [0.717, 1.165) is 32.8 Å². The van der Waals surface area contributed by atoms with Gasteiger partial charge in [0.1, 0.15) is 0 Å². The molecule has 0 radical (unpaired) electrons. The standard InChI is InChI=1S/C37H32F9N7O4/c1-19(2)57-34(56)53-28-10-9-22(35(38,39)40)16-27(28)30(17-29(53)21-7-8-21)51(18-20-13-23(36(41,42)43)15-24(14-20)37(44,45)46)33-47-49-52(48-33)12-11-50-31(54)25-5-3-4-6-26(25)32(50)55/h3-6,9-10,13-16,19,21,29-30H,7-8,11-12,17-18H2,1-2H3. The van der Waals surface area contributed by atoms with Crippen molar-refractivity contribution in [1.29, 1.82) is 0 Å². The highest BCUT2D eigenvalue weighted by atomic mass is 19.4. The van der Waals surface area contributed by atoms with Crippen molar-refractivity contribution in [2.24, 2.45) is 5.92 Å². The molecule has 0 N–H and O–H groups in total. The number of carbonyl (C=O) groups excluding carboxylic acids is 3. The van der Waals surface area contributed by atoms with Gasteiger partial charge in [0.15, 0.2) is 0 Å². The van der Waals surface area contributed by atoms with Crippen LogP contribution in [0.15, 0.2) is 60.7 Å². The Balaban J connectivity index is 1.33. The van der Waals surface area contributed by atoms with Gasteiger partial charge in [-0.3, -0.25) is 19.4 Å². The first-order valence-electron chi connectivity index (χ1n) is 17.7. The van der Waals surface area contributed by atoms with Gasteiger partial charge < -0.3 is 9.64 Å². The van der Waals surface area contributed by atoms with Gasteiger partial charge >= 0.3 is 24.6 Å². The van der Waals surface area contributed by atoms with Gasteiger partial charge in [-0.2, -0.15) is 44.3 Å². The normalized spacial score (nSPS) is 18.6. The zero-order chi connectivity index (χ0) is 41.2. The van der Waals surface area contributed by atoms with Crippen LogP contribution in [0, 0.1) is 5.92 Å². The molecule has 1 aliphatic carbocycles. The fourth-order valence-electron chi connectivity index (χ4n) is 7.23. The van der Waals surface area contributed by atoms with Gasteiger partial charge in [-0.15, -0.1) is 5.10 Å². The number of carbonyl (C=O) groups is 3. The number of benzene rings is 3. The van der Waals surface area contributed by atoms with Crippen molar-refractivity contribution in [3.63, 3.8) is 0 Å².